The van der Waals surface area contributed by atoms with Crippen molar-refractivity contribution in [2.24, 2.45) is 0 Å². The summed E-state index contributed by atoms with van der Waals surface area (Å²) in [6, 6.07) is 3.28. The van der Waals surface area contributed by atoms with Gasteiger partial charge in [0.25, 0.3) is 0 Å². The average molecular weight is 346 g/mol. The van der Waals surface area contributed by atoms with E-state index in [1.807, 2.05) is 6.92 Å². The molecule has 0 amide bonds. The van der Waals surface area contributed by atoms with Crippen LogP contribution in [0.25, 0.3) is 22.7 Å². The zero-order valence-electron chi connectivity index (χ0n) is 13.1. The molecule has 2 aromatic heterocycles. The van der Waals surface area contributed by atoms with E-state index in [1.54, 1.807) is 12.3 Å². The van der Waals surface area contributed by atoms with Crippen LogP contribution in [0.2, 0.25) is 5.02 Å². The number of H-pyrrole nitrogens is 1. The van der Waals surface area contributed by atoms with E-state index in [-0.39, 0.29) is 5.75 Å². The molecule has 1 aliphatic rings. The van der Waals surface area contributed by atoms with Crippen LogP contribution in [0.4, 0.5) is 5.82 Å². The van der Waals surface area contributed by atoms with Crippen molar-refractivity contribution in [2.45, 2.75) is 6.92 Å². The standard InChI is InChI=1S/C16H16ClN5O2/c1-9-6-10(17)7-11(23)13(9)14-20-15-16(21-14)19-12(8-18-15)22-2-4-24-5-3-22/h6-8,23H,2-5H2,1H3,(H,18,19,20,21). The topological polar surface area (TPSA) is 87.2 Å². The SMILES string of the molecule is Cc1cc(Cl)cc(O)c1-c1nc2nc(N3CCOCC3)cnc2[nH]1. The number of anilines is 1. The average Bonchev–Trinajstić information content (AvgIpc) is 2.97. The van der Waals surface area contributed by atoms with Gasteiger partial charge in [-0.3, -0.25) is 0 Å². The summed E-state index contributed by atoms with van der Waals surface area (Å²) < 4.78 is 5.36. The molecule has 8 heteroatoms. The van der Waals surface area contributed by atoms with Crippen LogP contribution in [0.15, 0.2) is 18.3 Å². The fraction of sp³-hybridized carbons (Fsp3) is 0.312. The van der Waals surface area contributed by atoms with Gasteiger partial charge in [-0.05, 0) is 24.6 Å². The molecule has 7 nitrogen and oxygen atoms in total. The highest BCUT2D eigenvalue weighted by atomic mass is 35.5. The Labute approximate surface area is 143 Å². The second kappa shape index (κ2) is 5.92. The van der Waals surface area contributed by atoms with Crippen LogP contribution in [0.5, 0.6) is 5.75 Å². The van der Waals surface area contributed by atoms with Gasteiger partial charge in [-0.15, -0.1) is 0 Å². The largest absolute Gasteiger partial charge is 0.507 e. The van der Waals surface area contributed by atoms with E-state index < -0.39 is 0 Å². The number of aromatic hydroxyl groups is 1. The number of imidazole rings is 1. The van der Waals surface area contributed by atoms with Crippen LogP contribution >= 0.6 is 11.6 Å². The quantitative estimate of drug-likeness (QED) is 0.742. The Morgan fingerprint density at radius 1 is 1.25 bits per heavy atom. The molecule has 3 aromatic rings. The highest BCUT2D eigenvalue weighted by molar-refractivity contribution is 6.31. The molecule has 0 saturated carbocycles. The number of aryl methyl sites for hydroxylation is 1. The number of morpholine rings is 1. The second-order valence-corrected chi connectivity index (χ2v) is 6.14. The van der Waals surface area contributed by atoms with Crippen molar-refractivity contribution >= 4 is 28.7 Å². The Morgan fingerprint density at radius 2 is 2.04 bits per heavy atom. The molecule has 0 bridgehead atoms. The zero-order valence-corrected chi connectivity index (χ0v) is 13.8. The molecule has 1 saturated heterocycles. The monoisotopic (exact) mass is 345 g/mol. The fourth-order valence-corrected chi connectivity index (χ4v) is 3.15. The number of fused-ring (bicyclic) bond motifs is 1. The summed E-state index contributed by atoms with van der Waals surface area (Å²) in [5.74, 6) is 1.38. The maximum Gasteiger partial charge on any atom is 0.199 e. The number of nitrogens with zero attached hydrogens (tertiary/aromatic N) is 4. The Kier molecular flexibility index (Phi) is 3.74. The number of aromatic nitrogens is 4. The summed E-state index contributed by atoms with van der Waals surface area (Å²) in [6.45, 7) is 4.81. The summed E-state index contributed by atoms with van der Waals surface area (Å²) >= 11 is 5.96. The predicted octanol–water partition coefficient (Wildman–Crippen LogP) is 2.52. The first-order valence-electron chi connectivity index (χ1n) is 7.67. The molecule has 3 heterocycles. The molecule has 124 valence electrons. The van der Waals surface area contributed by atoms with Crippen LogP contribution in [0, 0.1) is 6.92 Å². The lowest BCUT2D eigenvalue weighted by Crippen LogP contribution is -2.36. The van der Waals surface area contributed by atoms with Crippen molar-refractivity contribution < 1.29 is 9.84 Å². The van der Waals surface area contributed by atoms with E-state index in [0.29, 0.717) is 40.9 Å². The summed E-state index contributed by atoms with van der Waals surface area (Å²) in [5.41, 5.74) is 2.53. The Morgan fingerprint density at radius 3 is 2.79 bits per heavy atom. The molecule has 0 spiro atoms. The molecular formula is C16H16ClN5O2. The zero-order chi connectivity index (χ0) is 16.7. The number of aromatic amines is 1. The van der Waals surface area contributed by atoms with Gasteiger partial charge in [0.15, 0.2) is 11.3 Å². The number of benzene rings is 1. The molecule has 4 rings (SSSR count). The molecular weight excluding hydrogens is 330 g/mol. The van der Waals surface area contributed by atoms with Crippen molar-refractivity contribution in [3.63, 3.8) is 0 Å². The third kappa shape index (κ3) is 2.65. The fourth-order valence-electron chi connectivity index (χ4n) is 2.88. The van der Waals surface area contributed by atoms with Gasteiger partial charge in [0.2, 0.25) is 0 Å². The van der Waals surface area contributed by atoms with Gasteiger partial charge < -0.3 is 19.7 Å². The number of phenolic OH excluding ortho intramolecular Hbond substituents is 1. The van der Waals surface area contributed by atoms with Crippen LogP contribution in [-0.2, 0) is 4.74 Å². The summed E-state index contributed by atoms with van der Waals surface area (Å²) in [6.07, 6.45) is 1.73. The lowest BCUT2D eigenvalue weighted by atomic mass is 10.1. The van der Waals surface area contributed by atoms with Crippen LogP contribution in [-0.4, -0.2) is 51.3 Å². The predicted molar refractivity (Wildman–Crippen MR) is 91.6 cm³/mol. The lowest BCUT2D eigenvalue weighted by molar-refractivity contribution is 0.122. The lowest BCUT2D eigenvalue weighted by Gasteiger charge is -2.27. The highest BCUT2D eigenvalue weighted by Gasteiger charge is 2.17. The van der Waals surface area contributed by atoms with Crippen molar-refractivity contribution in [1.82, 2.24) is 19.9 Å². The van der Waals surface area contributed by atoms with Gasteiger partial charge >= 0.3 is 0 Å². The van der Waals surface area contributed by atoms with Crippen molar-refractivity contribution in [2.75, 3.05) is 31.2 Å². The Bertz CT molecular complexity index is 882. The number of hydrogen-bond donors (Lipinski definition) is 2. The number of rotatable bonds is 2. The van der Waals surface area contributed by atoms with Gasteiger partial charge in [0.1, 0.15) is 17.4 Å². The normalized spacial score (nSPS) is 15.2. The molecule has 1 fully saturated rings. The smallest absolute Gasteiger partial charge is 0.199 e. The summed E-state index contributed by atoms with van der Waals surface area (Å²) in [4.78, 5) is 18.7. The molecule has 0 radical (unpaired) electrons. The maximum atomic E-state index is 10.2. The van der Waals surface area contributed by atoms with E-state index in [2.05, 4.69) is 24.8 Å². The minimum Gasteiger partial charge on any atom is -0.507 e. The van der Waals surface area contributed by atoms with Gasteiger partial charge in [-0.1, -0.05) is 11.6 Å². The third-order valence-electron chi connectivity index (χ3n) is 4.05. The highest BCUT2D eigenvalue weighted by Crippen LogP contribution is 2.34. The van der Waals surface area contributed by atoms with E-state index in [9.17, 15) is 5.11 Å². The van der Waals surface area contributed by atoms with Gasteiger partial charge in [0.05, 0.1) is 25.0 Å². The van der Waals surface area contributed by atoms with Crippen molar-refractivity contribution in [1.29, 1.82) is 0 Å². The number of hydrogen-bond acceptors (Lipinski definition) is 6. The molecule has 1 aliphatic heterocycles. The molecule has 24 heavy (non-hydrogen) atoms. The van der Waals surface area contributed by atoms with E-state index >= 15 is 0 Å². The number of phenols is 1. The van der Waals surface area contributed by atoms with Crippen molar-refractivity contribution in [3.8, 4) is 17.1 Å². The van der Waals surface area contributed by atoms with E-state index in [4.69, 9.17) is 16.3 Å². The Hall–Kier alpha value is -2.38. The molecule has 0 atom stereocenters. The van der Waals surface area contributed by atoms with Crippen LogP contribution in [0.1, 0.15) is 5.56 Å². The first-order valence-corrected chi connectivity index (χ1v) is 8.04. The number of halogens is 1. The minimum absolute atomic E-state index is 0.0764. The van der Waals surface area contributed by atoms with Gasteiger partial charge in [-0.2, -0.15) is 0 Å². The molecule has 1 aromatic carbocycles. The third-order valence-corrected chi connectivity index (χ3v) is 4.27. The summed E-state index contributed by atoms with van der Waals surface area (Å²) in [7, 11) is 0. The first-order chi connectivity index (χ1) is 11.6. The first kappa shape index (κ1) is 15.2. The van der Waals surface area contributed by atoms with Gasteiger partial charge in [-0.25, -0.2) is 15.0 Å². The summed E-state index contributed by atoms with van der Waals surface area (Å²) in [5, 5.41) is 10.7. The maximum absolute atomic E-state index is 10.2. The number of nitrogens with one attached hydrogen (secondary N) is 1. The Balaban J connectivity index is 1.76. The number of ether oxygens (including phenoxy) is 1. The van der Waals surface area contributed by atoms with E-state index in [1.165, 1.54) is 6.07 Å². The molecule has 0 aliphatic carbocycles. The van der Waals surface area contributed by atoms with Crippen molar-refractivity contribution in [3.05, 3.63) is 28.9 Å². The molecule has 0 unspecified atom stereocenters. The van der Waals surface area contributed by atoms with Crippen LogP contribution in [0.3, 0.4) is 0 Å². The van der Waals surface area contributed by atoms with Gasteiger partial charge in [0, 0.05) is 18.1 Å². The van der Waals surface area contributed by atoms with Crippen LogP contribution < -0.4 is 4.90 Å². The minimum atomic E-state index is 0.0764. The second-order valence-electron chi connectivity index (χ2n) is 5.70. The van der Waals surface area contributed by atoms with E-state index in [0.717, 1.165) is 24.5 Å². The molecule has 2 N–H and O–H groups in total.